The minimum atomic E-state index is -0.309. The van der Waals surface area contributed by atoms with E-state index in [0.717, 1.165) is 11.1 Å². The van der Waals surface area contributed by atoms with Crippen LogP contribution >= 0.6 is 12.4 Å². The van der Waals surface area contributed by atoms with Crippen LogP contribution in [0.25, 0.3) is 0 Å². The second-order valence-electron chi connectivity index (χ2n) is 4.87. The Balaban J connectivity index is 0.00000242. The van der Waals surface area contributed by atoms with Crippen LogP contribution in [-0.2, 0) is 13.0 Å². The molecule has 0 saturated carbocycles. The van der Waals surface area contributed by atoms with Crippen LogP contribution in [0.5, 0.6) is 11.5 Å². The summed E-state index contributed by atoms with van der Waals surface area (Å²) in [7, 11) is 1.61. The minimum Gasteiger partial charge on any atom is -0.493 e. The maximum atomic E-state index is 9.12. The Morgan fingerprint density at radius 1 is 1.09 bits per heavy atom. The van der Waals surface area contributed by atoms with E-state index in [1.165, 1.54) is 0 Å². The van der Waals surface area contributed by atoms with Crippen LogP contribution in [0.15, 0.2) is 48.5 Å². The van der Waals surface area contributed by atoms with Gasteiger partial charge in [-0.3, -0.25) is 0 Å². The van der Waals surface area contributed by atoms with E-state index in [9.17, 15) is 0 Å². The Hall–Kier alpha value is -1.75. The number of benzene rings is 2. The molecule has 5 heteroatoms. The molecule has 0 heterocycles. The van der Waals surface area contributed by atoms with E-state index in [0.29, 0.717) is 24.5 Å². The van der Waals surface area contributed by atoms with Gasteiger partial charge in [0.2, 0.25) is 0 Å². The van der Waals surface area contributed by atoms with Gasteiger partial charge in [0.1, 0.15) is 6.61 Å². The molecule has 0 spiro atoms. The van der Waals surface area contributed by atoms with Gasteiger partial charge in [0.05, 0.1) is 13.7 Å². The van der Waals surface area contributed by atoms with Gasteiger partial charge in [-0.25, -0.2) is 0 Å². The SMILES string of the molecule is COc1cccc(CC(N)CO)c1OCc1ccccc1.Cl. The molecule has 0 radical (unpaired) electrons. The molecule has 0 aliphatic rings. The van der Waals surface area contributed by atoms with Crippen molar-refractivity contribution in [2.24, 2.45) is 5.73 Å². The first-order valence-corrected chi connectivity index (χ1v) is 6.93. The number of nitrogens with two attached hydrogens (primary N) is 1. The second kappa shape index (κ2) is 9.30. The monoisotopic (exact) mass is 323 g/mol. The van der Waals surface area contributed by atoms with Crippen molar-refractivity contribution >= 4 is 12.4 Å². The Kier molecular flexibility index (Phi) is 7.74. The lowest BCUT2D eigenvalue weighted by molar-refractivity contribution is 0.259. The zero-order valence-corrected chi connectivity index (χ0v) is 13.4. The lowest BCUT2D eigenvalue weighted by Crippen LogP contribution is -2.27. The van der Waals surface area contributed by atoms with Crippen LogP contribution < -0.4 is 15.2 Å². The van der Waals surface area contributed by atoms with Gasteiger partial charge >= 0.3 is 0 Å². The van der Waals surface area contributed by atoms with Crippen molar-refractivity contribution in [3.05, 3.63) is 59.7 Å². The molecular formula is C17H22ClNO3. The maximum absolute atomic E-state index is 9.12. The van der Waals surface area contributed by atoms with Gasteiger partial charge in [-0.15, -0.1) is 12.4 Å². The van der Waals surface area contributed by atoms with Crippen LogP contribution in [0.1, 0.15) is 11.1 Å². The fourth-order valence-corrected chi connectivity index (χ4v) is 2.12. The molecule has 3 N–H and O–H groups in total. The van der Waals surface area contributed by atoms with Crippen molar-refractivity contribution < 1.29 is 14.6 Å². The molecule has 4 nitrogen and oxygen atoms in total. The van der Waals surface area contributed by atoms with Gasteiger partial charge in [0.25, 0.3) is 0 Å². The van der Waals surface area contributed by atoms with E-state index < -0.39 is 0 Å². The van der Waals surface area contributed by atoms with Crippen LogP contribution in [-0.4, -0.2) is 24.9 Å². The van der Waals surface area contributed by atoms with Crippen molar-refractivity contribution in [1.82, 2.24) is 0 Å². The molecule has 2 aromatic carbocycles. The summed E-state index contributed by atoms with van der Waals surface area (Å²) in [6.07, 6.45) is 0.540. The van der Waals surface area contributed by atoms with Gasteiger partial charge in [-0.1, -0.05) is 42.5 Å². The number of ether oxygens (including phenoxy) is 2. The molecular weight excluding hydrogens is 302 g/mol. The molecule has 2 aromatic rings. The summed E-state index contributed by atoms with van der Waals surface area (Å²) in [6, 6.07) is 15.3. The summed E-state index contributed by atoms with van der Waals surface area (Å²) in [6.45, 7) is 0.401. The van der Waals surface area contributed by atoms with Crippen LogP contribution in [0.4, 0.5) is 0 Å². The van der Waals surface area contributed by atoms with Crippen LogP contribution in [0.2, 0.25) is 0 Å². The predicted octanol–water partition coefficient (Wildman–Crippen LogP) is 2.56. The molecule has 2 rings (SSSR count). The fourth-order valence-electron chi connectivity index (χ4n) is 2.12. The van der Waals surface area contributed by atoms with E-state index in [-0.39, 0.29) is 25.1 Å². The Morgan fingerprint density at radius 2 is 1.82 bits per heavy atom. The molecule has 22 heavy (non-hydrogen) atoms. The highest BCUT2D eigenvalue weighted by Gasteiger charge is 2.13. The highest BCUT2D eigenvalue weighted by Crippen LogP contribution is 2.32. The number of halogens is 1. The van der Waals surface area contributed by atoms with E-state index in [4.69, 9.17) is 20.3 Å². The largest absolute Gasteiger partial charge is 0.493 e. The first kappa shape index (κ1) is 18.3. The quantitative estimate of drug-likeness (QED) is 0.822. The Labute approximate surface area is 137 Å². The molecule has 0 amide bonds. The highest BCUT2D eigenvalue weighted by atomic mass is 35.5. The van der Waals surface area contributed by atoms with Crippen molar-refractivity contribution in [3.63, 3.8) is 0 Å². The summed E-state index contributed by atoms with van der Waals surface area (Å²) in [5.74, 6) is 1.36. The number of hydrogen-bond acceptors (Lipinski definition) is 4. The van der Waals surface area contributed by atoms with Gasteiger partial charge in [-0.05, 0) is 23.6 Å². The average molecular weight is 324 g/mol. The number of aliphatic hydroxyl groups excluding tert-OH is 1. The number of aliphatic hydroxyl groups is 1. The Bertz CT molecular complexity index is 563. The smallest absolute Gasteiger partial charge is 0.164 e. The fraction of sp³-hybridized carbons (Fsp3) is 0.294. The lowest BCUT2D eigenvalue weighted by Gasteiger charge is -2.17. The summed E-state index contributed by atoms with van der Waals surface area (Å²) in [5.41, 5.74) is 7.85. The summed E-state index contributed by atoms with van der Waals surface area (Å²) >= 11 is 0. The number of methoxy groups -OCH3 is 1. The lowest BCUT2D eigenvalue weighted by atomic mass is 10.1. The minimum absolute atomic E-state index is 0. The molecule has 0 bridgehead atoms. The van der Waals surface area contributed by atoms with E-state index >= 15 is 0 Å². The summed E-state index contributed by atoms with van der Waals surface area (Å²) in [4.78, 5) is 0. The maximum Gasteiger partial charge on any atom is 0.164 e. The van der Waals surface area contributed by atoms with E-state index in [1.807, 2.05) is 48.5 Å². The third kappa shape index (κ3) is 4.91. The van der Waals surface area contributed by atoms with E-state index in [2.05, 4.69) is 0 Å². The molecule has 0 saturated heterocycles. The van der Waals surface area contributed by atoms with Gasteiger partial charge in [0.15, 0.2) is 11.5 Å². The van der Waals surface area contributed by atoms with Crippen LogP contribution in [0, 0.1) is 0 Å². The first-order chi connectivity index (χ1) is 10.2. The molecule has 120 valence electrons. The third-order valence-corrected chi connectivity index (χ3v) is 3.22. The molecule has 0 fully saturated rings. The van der Waals surface area contributed by atoms with Gasteiger partial charge in [-0.2, -0.15) is 0 Å². The number of rotatable bonds is 7. The van der Waals surface area contributed by atoms with Crippen LogP contribution in [0.3, 0.4) is 0 Å². The Morgan fingerprint density at radius 3 is 2.45 bits per heavy atom. The number of hydrogen-bond donors (Lipinski definition) is 2. The van der Waals surface area contributed by atoms with Crippen molar-refractivity contribution in [3.8, 4) is 11.5 Å². The normalized spacial score (nSPS) is 11.4. The number of para-hydroxylation sites is 1. The standard InChI is InChI=1S/C17H21NO3.ClH/c1-20-16-9-5-8-14(10-15(18)11-19)17(16)21-12-13-6-3-2-4-7-13;/h2-9,15,19H,10-12,18H2,1H3;1H. The second-order valence-corrected chi connectivity index (χ2v) is 4.87. The molecule has 0 aromatic heterocycles. The van der Waals surface area contributed by atoms with Crippen molar-refractivity contribution in [2.45, 2.75) is 19.1 Å². The predicted molar refractivity (Wildman–Crippen MR) is 89.8 cm³/mol. The molecule has 0 aliphatic carbocycles. The van der Waals surface area contributed by atoms with E-state index in [1.54, 1.807) is 7.11 Å². The zero-order chi connectivity index (χ0) is 15.1. The molecule has 0 aliphatic heterocycles. The summed E-state index contributed by atoms with van der Waals surface area (Å²) < 4.78 is 11.3. The third-order valence-electron chi connectivity index (χ3n) is 3.22. The summed E-state index contributed by atoms with van der Waals surface area (Å²) in [5, 5.41) is 9.12. The van der Waals surface area contributed by atoms with Gasteiger partial charge < -0.3 is 20.3 Å². The molecule has 1 atom stereocenters. The first-order valence-electron chi connectivity index (χ1n) is 6.93. The van der Waals surface area contributed by atoms with Crippen molar-refractivity contribution in [2.75, 3.05) is 13.7 Å². The topological polar surface area (TPSA) is 64.7 Å². The van der Waals surface area contributed by atoms with Crippen molar-refractivity contribution in [1.29, 1.82) is 0 Å². The zero-order valence-electron chi connectivity index (χ0n) is 12.6. The van der Waals surface area contributed by atoms with Gasteiger partial charge in [0, 0.05) is 6.04 Å². The molecule has 1 unspecified atom stereocenters. The average Bonchev–Trinajstić information content (AvgIpc) is 2.54. The highest BCUT2D eigenvalue weighted by molar-refractivity contribution is 5.85.